The molecule has 3 rings (SSSR count). The molecule has 0 aliphatic carbocycles. The molecule has 0 fully saturated rings. The Labute approximate surface area is 130 Å². The number of ether oxygens (including phenoxy) is 1. The van der Waals surface area contributed by atoms with Crippen LogP contribution in [0.4, 0.5) is 0 Å². The summed E-state index contributed by atoms with van der Waals surface area (Å²) in [5, 5.41) is 28.5. The average molecular weight is 312 g/mol. The topological polar surface area (TPSA) is 130 Å². The van der Waals surface area contributed by atoms with Gasteiger partial charge in [-0.1, -0.05) is 6.07 Å². The molecule has 1 aliphatic heterocycles. The monoisotopic (exact) mass is 312 g/mol. The van der Waals surface area contributed by atoms with E-state index in [1.165, 1.54) is 24.3 Å². The van der Waals surface area contributed by atoms with Gasteiger partial charge in [0, 0.05) is 6.07 Å². The minimum atomic E-state index is -0.855. The summed E-state index contributed by atoms with van der Waals surface area (Å²) >= 11 is 0. The maximum Gasteiger partial charge on any atom is 0.343 e. The number of aryl methyl sites for hydroxylation is 1. The summed E-state index contributed by atoms with van der Waals surface area (Å²) in [5.74, 6) is -1.12. The Hall–Kier alpha value is -3.40. The van der Waals surface area contributed by atoms with Crippen LogP contribution in [0.25, 0.3) is 0 Å². The number of nitriles is 1. The molecule has 1 aliphatic rings. The maximum absolute atomic E-state index is 12.3. The Balaban J connectivity index is 2.31. The predicted molar refractivity (Wildman–Crippen MR) is 78.8 cm³/mol. The normalized spacial score (nSPS) is 16.4. The third-order valence-electron chi connectivity index (χ3n) is 3.59. The molecule has 0 saturated heterocycles. The highest BCUT2D eigenvalue weighted by molar-refractivity contribution is 5.56. The van der Waals surface area contributed by atoms with Crippen molar-refractivity contribution in [3.63, 3.8) is 0 Å². The van der Waals surface area contributed by atoms with Crippen LogP contribution < -0.4 is 16.1 Å². The number of aromatic hydroxyl groups is 2. The van der Waals surface area contributed by atoms with Crippen molar-refractivity contribution in [2.24, 2.45) is 5.73 Å². The molecule has 0 unspecified atom stereocenters. The molecule has 7 nitrogen and oxygen atoms in total. The fourth-order valence-electron chi connectivity index (χ4n) is 2.57. The van der Waals surface area contributed by atoms with Crippen molar-refractivity contribution in [2.75, 3.05) is 0 Å². The number of rotatable bonds is 1. The van der Waals surface area contributed by atoms with Crippen LogP contribution in [-0.2, 0) is 0 Å². The van der Waals surface area contributed by atoms with E-state index in [2.05, 4.69) is 0 Å². The summed E-state index contributed by atoms with van der Waals surface area (Å²) < 4.78 is 10.5. The van der Waals surface area contributed by atoms with Crippen LogP contribution in [0, 0.1) is 18.3 Å². The van der Waals surface area contributed by atoms with Crippen molar-refractivity contribution in [1.29, 1.82) is 5.26 Å². The van der Waals surface area contributed by atoms with Gasteiger partial charge in [-0.2, -0.15) is 5.26 Å². The molecule has 116 valence electrons. The zero-order valence-corrected chi connectivity index (χ0v) is 12.0. The minimum absolute atomic E-state index is 0.0266. The van der Waals surface area contributed by atoms with Gasteiger partial charge in [0.05, 0.1) is 11.5 Å². The largest absolute Gasteiger partial charge is 0.504 e. The summed E-state index contributed by atoms with van der Waals surface area (Å²) in [6.45, 7) is 1.59. The fourth-order valence-corrected chi connectivity index (χ4v) is 2.57. The van der Waals surface area contributed by atoms with Gasteiger partial charge in [0.15, 0.2) is 11.5 Å². The second-order valence-electron chi connectivity index (χ2n) is 5.10. The van der Waals surface area contributed by atoms with E-state index in [4.69, 9.17) is 14.9 Å². The molecule has 7 heteroatoms. The number of phenols is 2. The number of hydrogen-bond donors (Lipinski definition) is 3. The van der Waals surface area contributed by atoms with Crippen LogP contribution in [0.3, 0.4) is 0 Å². The van der Waals surface area contributed by atoms with Crippen molar-refractivity contribution in [1.82, 2.24) is 0 Å². The number of benzene rings is 1. The van der Waals surface area contributed by atoms with E-state index in [1.807, 2.05) is 6.07 Å². The SMILES string of the molecule is Cc1cc2c(c(=O)o1)[C@H](c1ccc(O)c(O)c1)C(C#N)=C(N)O2. The highest BCUT2D eigenvalue weighted by Gasteiger charge is 2.34. The predicted octanol–water partition coefficient (Wildman–Crippen LogP) is 1.58. The molecule has 2 aromatic rings. The van der Waals surface area contributed by atoms with Crippen molar-refractivity contribution in [3.8, 4) is 23.3 Å². The van der Waals surface area contributed by atoms with Crippen LogP contribution in [0.15, 0.2) is 44.9 Å². The minimum Gasteiger partial charge on any atom is -0.504 e. The molecule has 0 bridgehead atoms. The van der Waals surface area contributed by atoms with Crippen LogP contribution >= 0.6 is 0 Å². The van der Waals surface area contributed by atoms with Gasteiger partial charge in [0.25, 0.3) is 0 Å². The van der Waals surface area contributed by atoms with Crippen LogP contribution in [0.5, 0.6) is 17.2 Å². The highest BCUT2D eigenvalue weighted by Crippen LogP contribution is 2.42. The first-order valence-corrected chi connectivity index (χ1v) is 6.66. The number of nitrogens with two attached hydrogens (primary N) is 1. The molecule has 1 atom stereocenters. The molecule has 1 aromatic heterocycles. The fraction of sp³-hybridized carbons (Fsp3) is 0.125. The second-order valence-corrected chi connectivity index (χ2v) is 5.10. The van der Waals surface area contributed by atoms with E-state index in [-0.39, 0.29) is 34.3 Å². The smallest absolute Gasteiger partial charge is 0.343 e. The van der Waals surface area contributed by atoms with Gasteiger partial charge in [-0.05, 0) is 24.6 Å². The van der Waals surface area contributed by atoms with Crippen LogP contribution in [0.1, 0.15) is 22.8 Å². The lowest BCUT2D eigenvalue weighted by Crippen LogP contribution is -2.26. The second kappa shape index (κ2) is 5.10. The third kappa shape index (κ3) is 2.26. The first-order valence-electron chi connectivity index (χ1n) is 6.66. The van der Waals surface area contributed by atoms with E-state index in [0.29, 0.717) is 11.3 Å². The summed E-state index contributed by atoms with van der Waals surface area (Å²) in [7, 11) is 0. The van der Waals surface area contributed by atoms with Crippen molar-refractivity contribution in [3.05, 3.63) is 63.0 Å². The molecule has 1 aromatic carbocycles. The Morgan fingerprint density at radius 1 is 1.26 bits per heavy atom. The quantitative estimate of drug-likeness (QED) is 0.681. The molecule has 2 heterocycles. The van der Waals surface area contributed by atoms with Crippen molar-refractivity contribution in [2.45, 2.75) is 12.8 Å². The zero-order valence-electron chi connectivity index (χ0n) is 12.0. The van der Waals surface area contributed by atoms with Gasteiger partial charge in [-0.15, -0.1) is 0 Å². The van der Waals surface area contributed by atoms with E-state index < -0.39 is 11.5 Å². The van der Waals surface area contributed by atoms with Gasteiger partial charge < -0.3 is 25.1 Å². The summed E-state index contributed by atoms with van der Waals surface area (Å²) in [5.41, 5.74) is 5.68. The molecule has 0 amide bonds. The number of nitrogens with zero attached hydrogens (tertiary/aromatic N) is 1. The summed E-state index contributed by atoms with van der Waals surface area (Å²) in [4.78, 5) is 12.3. The lowest BCUT2D eigenvalue weighted by Gasteiger charge is -2.25. The number of hydrogen-bond acceptors (Lipinski definition) is 7. The zero-order chi connectivity index (χ0) is 16.7. The van der Waals surface area contributed by atoms with E-state index in [9.17, 15) is 20.3 Å². The van der Waals surface area contributed by atoms with Gasteiger partial charge in [-0.25, -0.2) is 4.79 Å². The van der Waals surface area contributed by atoms with Crippen LogP contribution in [-0.4, -0.2) is 10.2 Å². The summed E-state index contributed by atoms with van der Waals surface area (Å²) in [6.07, 6.45) is 0. The molecule has 0 saturated carbocycles. The first-order chi connectivity index (χ1) is 10.9. The first kappa shape index (κ1) is 14.5. The van der Waals surface area contributed by atoms with Gasteiger partial charge >= 0.3 is 5.63 Å². The summed E-state index contributed by atoms with van der Waals surface area (Å²) in [6, 6.07) is 7.44. The molecule has 0 radical (unpaired) electrons. The lowest BCUT2D eigenvalue weighted by atomic mass is 9.84. The Morgan fingerprint density at radius 2 is 2.00 bits per heavy atom. The van der Waals surface area contributed by atoms with Gasteiger partial charge in [0.1, 0.15) is 23.2 Å². The van der Waals surface area contributed by atoms with Crippen molar-refractivity contribution < 1.29 is 19.4 Å². The average Bonchev–Trinajstić information content (AvgIpc) is 2.48. The van der Waals surface area contributed by atoms with E-state index in [1.54, 1.807) is 6.92 Å². The van der Waals surface area contributed by atoms with E-state index in [0.717, 1.165) is 0 Å². The number of fused-ring (bicyclic) bond motifs is 1. The van der Waals surface area contributed by atoms with Crippen molar-refractivity contribution >= 4 is 0 Å². The molecule has 0 spiro atoms. The Morgan fingerprint density at radius 3 is 2.65 bits per heavy atom. The standard InChI is InChI=1S/C16H12N2O5/c1-7-4-12-14(16(21)22-7)13(9(6-17)15(18)23-12)8-2-3-10(19)11(20)5-8/h2-5,13,19-20H,18H2,1H3/t13-/m1/s1. The third-order valence-corrected chi connectivity index (χ3v) is 3.59. The van der Waals surface area contributed by atoms with Gasteiger partial charge in [0.2, 0.25) is 5.88 Å². The number of phenolic OH excluding ortho intramolecular Hbond substituents is 2. The molecular formula is C16H12N2O5. The van der Waals surface area contributed by atoms with Crippen LogP contribution in [0.2, 0.25) is 0 Å². The molecular weight excluding hydrogens is 300 g/mol. The highest BCUT2D eigenvalue weighted by atomic mass is 16.5. The Bertz CT molecular complexity index is 936. The van der Waals surface area contributed by atoms with Gasteiger partial charge in [-0.3, -0.25) is 0 Å². The molecule has 4 N–H and O–H groups in total. The number of allylic oxidation sites excluding steroid dienone is 1. The van der Waals surface area contributed by atoms with E-state index >= 15 is 0 Å². The lowest BCUT2D eigenvalue weighted by molar-refractivity contribution is 0.371. The Kier molecular flexibility index (Phi) is 3.22. The molecule has 23 heavy (non-hydrogen) atoms. The maximum atomic E-state index is 12.3.